The topological polar surface area (TPSA) is 79.6 Å². The van der Waals surface area contributed by atoms with Gasteiger partial charge in [-0.05, 0) is 53.9 Å². The average molecular weight is 431 g/mol. The number of benzene rings is 1. The van der Waals surface area contributed by atoms with Crippen LogP contribution in [0.4, 0.5) is 4.39 Å². The number of hydrogen-bond donors (Lipinski definition) is 1. The van der Waals surface area contributed by atoms with Gasteiger partial charge in [-0.3, -0.25) is 19.0 Å². The van der Waals surface area contributed by atoms with Crippen LogP contribution in [0, 0.1) is 12.7 Å². The molecule has 0 aliphatic rings. The largest absolute Gasteiger partial charge is 0.347 e. The first-order valence-corrected chi connectivity index (χ1v) is 10.1. The standard InChI is InChI=1S/C24H22FN5O2/c1-16-12-18(6-7-19(16)25)13-27-23(31)20-15-30-21(4-3-5-22(30)28-20)24(32)29(2)14-17-8-10-26-11-9-17/h3-12,15H,13-14H2,1-2H3,(H,27,31). The van der Waals surface area contributed by atoms with Crippen molar-refractivity contribution in [3.05, 3.63) is 101 Å². The Bertz CT molecular complexity index is 1290. The van der Waals surface area contributed by atoms with Gasteiger partial charge < -0.3 is 10.2 Å². The summed E-state index contributed by atoms with van der Waals surface area (Å²) in [4.78, 5) is 35.6. The van der Waals surface area contributed by atoms with E-state index in [2.05, 4.69) is 15.3 Å². The molecule has 4 aromatic rings. The van der Waals surface area contributed by atoms with Crippen molar-refractivity contribution in [2.24, 2.45) is 0 Å². The maximum Gasteiger partial charge on any atom is 0.271 e. The zero-order chi connectivity index (χ0) is 22.7. The minimum atomic E-state index is -0.376. The Balaban J connectivity index is 1.51. The van der Waals surface area contributed by atoms with Crippen molar-refractivity contribution in [2.45, 2.75) is 20.0 Å². The summed E-state index contributed by atoms with van der Waals surface area (Å²) in [5, 5.41) is 2.79. The van der Waals surface area contributed by atoms with Gasteiger partial charge in [0.25, 0.3) is 11.8 Å². The lowest BCUT2D eigenvalue weighted by Crippen LogP contribution is -2.27. The summed E-state index contributed by atoms with van der Waals surface area (Å²) >= 11 is 0. The number of nitrogens with zero attached hydrogens (tertiary/aromatic N) is 4. The van der Waals surface area contributed by atoms with E-state index >= 15 is 0 Å². The predicted molar refractivity (Wildman–Crippen MR) is 118 cm³/mol. The van der Waals surface area contributed by atoms with Crippen LogP contribution in [-0.4, -0.2) is 38.1 Å². The Kier molecular flexibility index (Phi) is 5.93. The van der Waals surface area contributed by atoms with Gasteiger partial charge in [0.1, 0.15) is 22.9 Å². The van der Waals surface area contributed by atoms with Gasteiger partial charge in [-0.15, -0.1) is 0 Å². The van der Waals surface area contributed by atoms with E-state index in [1.165, 1.54) is 6.07 Å². The smallest absolute Gasteiger partial charge is 0.271 e. The van der Waals surface area contributed by atoms with Gasteiger partial charge in [0.2, 0.25) is 0 Å². The molecule has 0 saturated carbocycles. The van der Waals surface area contributed by atoms with Crippen LogP contribution >= 0.6 is 0 Å². The van der Waals surface area contributed by atoms with Crippen molar-refractivity contribution in [2.75, 3.05) is 7.05 Å². The summed E-state index contributed by atoms with van der Waals surface area (Å²) in [5.41, 5.74) is 3.36. The molecule has 0 radical (unpaired) electrons. The Morgan fingerprint density at radius 1 is 1.09 bits per heavy atom. The third-order valence-corrected chi connectivity index (χ3v) is 5.14. The highest BCUT2D eigenvalue weighted by Crippen LogP contribution is 2.14. The Morgan fingerprint density at radius 2 is 1.88 bits per heavy atom. The number of aromatic nitrogens is 3. The van der Waals surface area contributed by atoms with Crippen LogP contribution in [0.2, 0.25) is 0 Å². The van der Waals surface area contributed by atoms with Crippen LogP contribution < -0.4 is 5.32 Å². The van der Waals surface area contributed by atoms with Crippen molar-refractivity contribution in [3.63, 3.8) is 0 Å². The van der Waals surface area contributed by atoms with Gasteiger partial charge in [0.05, 0.1) is 0 Å². The second-order valence-electron chi connectivity index (χ2n) is 7.55. The van der Waals surface area contributed by atoms with Crippen LogP contribution in [0.3, 0.4) is 0 Å². The van der Waals surface area contributed by atoms with Crippen molar-refractivity contribution < 1.29 is 14.0 Å². The minimum absolute atomic E-state index is 0.195. The van der Waals surface area contributed by atoms with Crippen molar-refractivity contribution >= 4 is 17.5 Å². The van der Waals surface area contributed by atoms with E-state index in [4.69, 9.17) is 0 Å². The van der Waals surface area contributed by atoms with E-state index in [1.54, 1.807) is 72.2 Å². The second kappa shape index (κ2) is 8.97. The number of pyridine rings is 2. The molecular weight excluding hydrogens is 409 g/mol. The molecule has 0 aliphatic heterocycles. The number of halogens is 1. The third-order valence-electron chi connectivity index (χ3n) is 5.14. The highest BCUT2D eigenvalue weighted by molar-refractivity contribution is 5.95. The molecule has 1 aromatic carbocycles. The third kappa shape index (κ3) is 4.49. The van der Waals surface area contributed by atoms with Gasteiger partial charge in [0.15, 0.2) is 0 Å². The molecule has 0 unspecified atom stereocenters. The number of carbonyl (C=O) groups is 2. The molecule has 8 heteroatoms. The molecule has 1 N–H and O–H groups in total. The highest BCUT2D eigenvalue weighted by atomic mass is 19.1. The number of nitrogens with one attached hydrogen (secondary N) is 1. The van der Waals surface area contributed by atoms with E-state index < -0.39 is 0 Å². The summed E-state index contributed by atoms with van der Waals surface area (Å²) < 4.78 is 15.0. The fraction of sp³-hybridized carbons (Fsp3) is 0.167. The van der Waals surface area contributed by atoms with Gasteiger partial charge >= 0.3 is 0 Å². The number of fused-ring (bicyclic) bond motifs is 1. The van der Waals surface area contributed by atoms with Crippen molar-refractivity contribution in [3.8, 4) is 0 Å². The maximum absolute atomic E-state index is 13.4. The fourth-order valence-corrected chi connectivity index (χ4v) is 3.41. The summed E-state index contributed by atoms with van der Waals surface area (Å²) in [7, 11) is 1.72. The molecule has 7 nitrogen and oxygen atoms in total. The number of carbonyl (C=O) groups excluding carboxylic acids is 2. The Labute approximate surface area is 184 Å². The molecule has 3 aromatic heterocycles. The molecular formula is C24H22FN5O2. The number of rotatable bonds is 6. The zero-order valence-corrected chi connectivity index (χ0v) is 17.7. The van der Waals surface area contributed by atoms with Crippen molar-refractivity contribution in [1.82, 2.24) is 24.6 Å². The minimum Gasteiger partial charge on any atom is -0.347 e. The summed E-state index contributed by atoms with van der Waals surface area (Å²) in [5.74, 6) is -0.857. The SMILES string of the molecule is Cc1cc(CNC(=O)c2cn3c(C(=O)N(C)Cc4ccncc4)cccc3n2)ccc1F. The number of amides is 2. The lowest BCUT2D eigenvalue weighted by atomic mass is 10.1. The quantitative estimate of drug-likeness (QED) is 0.508. The van der Waals surface area contributed by atoms with E-state index in [0.29, 0.717) is 23.4 Å². The van der Waals surface area contributed by atoms with Crippen LogP contribution in [0.15, 0.2) is 67.1 Å². The van der Waals surface area contributed by atoms with Gasteiger partial charge in [-0.1, -0.05) is 18.2 Å². The second-order valence-corrected chi connectivity index (χ2v) is 7.55. The van der Waals surface area contributed by atoms with Crippen LogP contribution in [0.1, 0.15) is 37.7 Å². The lowest BCUT2D eigenvalue weighted by Gasteiger charge is -2.18. The summed E-state index contributed by atoms with van der Waals surface area (Å²) in [6.07, 6.45) is 4.92. The molecule has 32 heavy (non-hydrogen) atoms. The van der Waals surface area contributed by atoms with Crippen molar-refractivity contribution in [1.29, 1.82) is 0 Å². The molecule has 0 atom stereocenters. The molecule has 2 amide bonds. The molecule has 162 valence electrons. The Hall–Kier alpha value is -4.07. The lowest BCUT2D eigenvalue weighted by molar-refractivity contribution is 0.0777. The van der Waals surface area contributed by atoms with Gasteiger partial charge in [0, 0.05) is 38.7 Å². The van der Waals surface area contributed by atoms with Crippen LogP contribution in [0.25, 0.3) is 5.65 Å². The molecule has 0 spiro atoms. The summed E-state index contributed by atoms with van der Waals surface area (Å²) in [6.45, 7) is 2.35. The molecule has 4 rings (SSSR count). The normalized spacial score (nSPS) is 10.8. The Morgan fingerprint density at radius 3 is 2.62 bits per heavy atom. The first kappa shape index (κ1) is 21.2. The maximum atomic E-state index is 13.4. The van der Waals surface area contributed by atoms with Crippen LogP contribution in [0.5, 0.6) is 0 Å². The molecule has 0 aliphatic carbocycles. The van der Waals surface area contributed by atoms with Crippen LogP contribution in [-0.2, 0) is 13.1 Å². The molecule has 0 fully saturated rings. The fourth-order valence-electron chi connectivity index (χ4n) is 3.41. The van der Waals surface area contributed by atoms with E-state index in [0.717, 1.165) is 11.1 Å². The number of hydrogen-bond acceptors (Lipinski definition) is 4. The van der Waals surface area contributed by atoms with Gasteiger partial charge in [-0.25, -0.2) is 9.37 Å². The van der Waals surface area contributed by atoms with E-state index in [9.17, 15) is 14.0 Å². The van der Waals surface area contributed by atoms with Gasteiger partial charge in [-0.2, -0.15) is 0 Å². The molecule has 0 bridgehead atoms. The zero-order valence-electron chi connectivity index (χ0n) is 17.7. The number of aryl methyl sites for hydroxylation is 1. The monoisotopic (exact) mass is 431 g/mol. The molecule has 3 heterocycles. The number of imidazole rings is 1. The average Bonchev–Trinajstić information content (AvgIpc) is 3.24. The predicted octanol–water partition coefficient (Wildman–Crippen LogP) is 3.38. The first-order chi connectivity index (χ1) is 15.4. The van der Waals surface area contributed by atoms with E-state index in [-0.39, 0.29) is 29.9 Å². The molecule has 0 saturated heterocycles. The summed E-state index contributed by atoms with van der Waals surface area (Å²) in [6, 6.07) is 13.6. The highest BCUT2D eigenvalue weighted by Gasteiger charge is 2.18. The first-order valence-electron chi connectivity index (χ1n) is 10.1. The van der Waals surface area contributed by atoms with E-state index in [1.807, 2.05) is 12.1 Å².